The topological polar surface area (TPSA) is 33.0 Å². The van der Waals surface area contributed by atoms with Gasteiger partial charge < -0.3 is 4.74 Å². The van der Waals surface area contributed by atoms with E-state index >= 15 is 0 Å². The highest BCUT2D eigenvalue weighted by atomic mass is 79.9. The second-order valence-electron chi connectivity index (χ2n) is 3.76. The second kappa shape index (κ2) is 5.19. The Hall–Kier alpha value is -1.86. The lowest BCUT2D eigenvalue weighted by atomic mass is 10.2. The minimum Gasteiger partial charge on any atom is -0.455 e. The predicted molar refractivity (Wildman–Crippen MR) is 70.1 cm³/mol. The van der Waals surface area contributed by atoms with Crippen LogP contribution in [0.25, 0.3) is 0 Å². The fraction of sp³-hybridized carbons (Fsp3) is 0.0714. The summed E-state index contributed by atoms with van der Waals surface area (Å²) in [6, 6.07) is 11.6. The van der Waals surface area contributed by atoms with Crippen LogP contribution in [0.2, 0.25) is 0 Å². The molecule has 0 aliphatic carbocycles. The van der Waals surface area contributed by atoms with Gasteiger partial charge in [-0.2, -0.15) is 5.26 Å². The van der Waals surface area contributed by atoms with Crippen LogP contribution in [-0.4, -0.2) is 0 Å². The number of ether oxygens (including phenoxy) is 1. The van der Waals surface area contributed by atoms with Gasteiger partial charge in [0.05, 0.1) is 4.47 Å². The van der Waals surface area contributed by atoms with Gasteiger partial charge in [-0.25, -0.2) is 4.39 Å². The zero-order chi connectivity index (χ0) is 13.1. The third-order valence-electron chi connectivity index (χ3n) is 2.39. The second-order valence-corrected chi connectivity index (χ2v) is 4.62. The van der Waals surface area contributed by atoms with E-state index in [0.29, 0.717) is 5.75 Å². The van der Waals surface area contributed by atoms with E-state index in [1.54, 1.807) is 18.2 Å². The molecule has 0 aromatic heterocycles. The molecule has 2 rings (SSSR count). The highest BCUT2D eigenvalue weighted by molar-refractivity contribution is 9.10. The molecule has 0 radical (unpaired) electrons. The van der Waals surface area contributed by atoms with Crippen molar-refractivity contribution in [3.63, 3.8) is 0 Å². The van der Waals surface area contributed by atoms with E-state index in [4.69, 9.17) is 10.00 Å². The molecule has 2 nitrogen and oxygen atoms in total. The van der Waals surface area contributed by atoms with Crippen LogP contribution in [0.5, 0.6) is 11.5 Å². The Morgan fingerprint density at radius 3 is 2.67 bits per heavy atom. The van der Waals surface area contributed by atoms with Crippen LogP contribution in [0.15, 0.2) is 40.9 Å². The number of nitriles is 1. The summed E-state index contributed by atoms with van der Waals surface area (Å²) in [5.74, 6) is 0.169. The monoisotopic (exact) mass is 305 g/mol. The molecule has 0 unspecified atom stereocenters. The Morgan fingerprint density at radius 2 is 2.00 bits per heavy atom. The summed E-state index contributed by atoms with van der Waals surface area (Å²) >= 11 is 3.37. The van der Waals surface area contributed by atoms with Crippen molar-refractivity contribution in [1.29, 1.82) is 5.26 Å². The summed E-state index contributed by atoms with van der Waals surface area (Å²) in [5.41, 5.74) is 0.985. The Balaban J connectivity index is 2.41. The minimum atomic E-state index is -0.585. The van der Waals surface area contributed by atoms with Crippen LogP contribution in [0.3, 0.4) is 0 Å². The number of rotatable bonds is 2. The number of aryl methyl sites for hydroxylation is 1. The van der Waals surface area contributed by atoms with Crippen LogP contribution >= 0.6 is 15.9 Å². The van der Waals surface area contributed by atoms with Crippen LogP contribution in [0.1, 0.15) is 11.1 Å². The van der Waals surface area contributed by atoms with Gasteiger partial charge in [-0.15, -0.1) is 0 Å². The van der Waals surface area contributed by atoms with Crippen LogP contribution in [0.4, 0.5) is 4.39 Å². The largest absolute Gasteiger partial charge is 0.455 e. The molecule has 0 bridgehead atoms. The summed E-state index contributed by atoms with van der Waals surface area (Å²) in [6.07, 6.45) is 0. The normalized spacial score (nSPS) is 9.89. The van der Waals surface area contributed by atoms with Gasteiger partial charge in [-0.05, 0) is 52.7 Å². The molecular formula is C14H9BrFNO. The maximum Gasteiger partial charge on any atom is 0.148 e. The molecule has 2 aromatic rings. The lowest BCUT2D eigenvalue weighted by Crippen LogP contribution is -1.92. The molecular weight excluding hydrogens is 297 g/mol. The zero-order valence-electron chi connectivity index (χ0n) is 9.58. The van der Waals surface area contributed by atoms with E-state index in [1.807, 2.05) is 19.1 Å². The summed E-state index contributed by atoms with van der Waals surface area (Å²) in [4.78, 5) is 0. The standard InChI is InChI=1S/C14H9BrFNO/c1-9-5-6-14(11(15)7-9)18-13-4-2-3-12(16)10(13)8-17/h2-7H,1H3. The summed E-state index contributed by atoms with van der Waals surface area (Å²) < 4.78 is 19.7. The average molecular weight is 306 g/mol. The summed E-state index contributed by atoms with van der Waals surface area (Å²) in [5, 5.41) is 8.91. The van der Waals surface area contributed by atoms with Crippen molar-refractivity contribution in [2.45, 2.75) is 6.92 Å². The summed E-state index contributed by atoms with van der Waals surface area (Å²) in [7, 11) is 0. The lowest BCUT2D eigenvalue weighted by molar-refractivity contribution is 0.471. The molecule has 0 atom stereocenters. The molecule has 0 N–H and O–H groups in total. The number of hydrogen-bond acceptors (Lipinski definition) is 2. The molecule has 0 saturated carbocycles. The third-order valence-corrected chi connectivity index (χ3v) is 3.01. The van der Waals surface area contributed by atoms with Crippen molar-refractivity contribution in [3.8, 4) is 17.6 Å². The molecule has 0 heterocycles. The van der Waals surface area contributed by atoms with E-state index < -0.39 is 5.82 Å². The molecule has 0 aliphatic rings. The molecule has 0 amide bonds. The van der Waals surface area contributed by atoms with Crippen molar-refractivity contribution in [3.05, 3.63) is 57.8 Å². The van der Waals surface area contributed by atoms with Gasteiger partial charge in [0.25, 0.3) is 0 Å². The summed E-state index contributed by atoms with van der Waals surface area (Å²) in [6.45, 7) is 1.96. The molecule has 2 aromatic carbocycles. The minimum absolute atomic E-state index is 0.0926. The fourth-order valence-corrected chi connectivity index (χ4v) is 2.08. The Labute approximate surface area is 113 Å². The van der Waals surface area contributed by atoms with Gasteiger partial charge in [0.1, 0.15) is 28.9 Å². The first-order valence-corrected chi connectivity index (χ1v) is 6.03. The van der Waals surface area contributed by atoms with Gasteiger partial charge in [0.15, 0.2) is 0 Å². The quantitative estimate of drug-likeness (QED) is 0.815. The SMILES string of the molecule is Cc1ccc(Oc2cccc(F)c2C#N)c(Br)c1. The van der Waals surface area contributed by atoms with Crippen molar-refractivity contribution in [2.75, 3.05) is 0 Å². The van der Waals surface area contributed by atoms with Crippen LogP contribution in [0, 0.1) is 24.1 Å². The highest BCUT2D eigenvalue weighted by Gasteiger charge is 2.11. The Bertz CT molecular complexity index is 634. The first-order chi connectivity index (χ1) is 8.61. The van der Waals surface area contributed by atoms with Gasteiger partial charge >= 0.3 is 0 Å². The maximum atomic E-state index is 13.4. The molecule has 0 saturated heterocycles. The van der Waals surface area contributed by atoms with Crippen LogP contribution < -0.4 is 4.74 Å². The highest BCUT2D eigenvalue weighted by Crippen LogP contribution is 2.32. The van der Waals surface area contributed by atoms with Crippen molar-refractivity contribution < 1.29 is 9.13 Å². The third kappa shape index (κ3) is 2.52. The smallest absolute Gasteiger partial charge is 0.148 e. The Morgan fingerprint density at radius 1 is 1.22 bits per heavy atom. The van der Waals surface area contributed by atoms with Crippen molar-refractivity contribution in [2.24, 2.45) is 0 Å². The first kappa shape index (κ1) is 12.6. The van der Waals surface area contributed by atoms with Gasteiger partial charge in [-0.1, -0.05) is 12.1 Å². The molecule has 0 fully saturated rings. The molecule has 0 aliphatic heterocycles. The number of nitrogens with zero attached hydrogens (tertiary/aromatic N) is 1. The number of benzene rings is 2. The number of halogens is 2. The van der Waals surface area contributed by atoms with Gasteiger partial charge in [-0.3, -0.25) is 0 Å². The number of hydrogen-bond donors (Lipinski definition) is 0. The van der Waals surface area contributed by atoms with Crippen molar-refractivity contribution >= 4 is 15.9 Å². The molecule has 18 heavy (non-hydrogen) atoms. The average Bonchev–Trinajstić information content (AvgIpc) is 2.33. The van der Waals surface area contributed by atoms with E-state index in [-0.39, 0.29) is 11.3 Å². The lowest BCUT2D eigenvalue weighted by Gasteiger charge is -2.09. The fourth-order valence-electron chi connectivity index (χ4n) is 1.51. The molecule has 90 valence electrons. The molecule has 4 heteroatoms. The van der Waals surface area contributed by atoms with Crippen LogP contribution in [-0.2, 0) is 0 Å². The van der Waals surface area contributed by atoms with Gasteiger partial charge in [0.2, 0.25) is 0 Å². The zero-order valence-corrected chi connectivity index (χ0v) is 11.2. The van der Waals surface area contributed by atoms with E-state index in [1.165, 1.54) is 12.1 Å². The van der Waals surface area contributed by atoms with E-state index in [2.05, 4.69) is 15.9 Å². The Kier molecular flexibility index (Phi) is 3.63. The first-order valence-electron chi connectivity index (χ1n) is 5.24. The van der Waals surface area contributed by atoms with Gasteiger partial charge in [0, 0.05) is 0 Å². The van der Waals surface area contributed by atoms with E-state index in [0.717, 1.165) is 10.0 Å². The molecule has 0 spiro atoms. The van der Waals surface area contributed by atoms with E-state index in [9.17, 15) is 4.39 Å². The predicted octanol–water partition coefficient (Wildman–Crippen LogP) is 4.56. The van der Waals surface area contributed by atoms with Crippen molar-refractivity contribution in [1.82, 2.24) is 0 Å². The maximum absolute atomic E-state index is 13.4.